The minimum atomic E-state index is -0.208. The molecule has 28 heavy (non-hydrogen) atoms. The Morgan fingerprint density at radius 1 is 1.21 bits per heavy atom. The predicted molar refractivity (Wildman–Crippen MR) is 112 cm³/mol. The third-order valence-corrected chi connectivity index (χ3v) is 6.31. The van der Waals surface area contributed by atoms with Crippen molar-refractivity contribution in [3.63, 3.8) is 0 Å². The molecule has 7 heteroatoms. The standard InChI is InChI=1S/C21H21BrClN3O2/c22-14-7-8-19(24-11-14)25-20(27)13-4-3-9-26(12-13)21(28)17-10-16(17)15-5-1-2-6-18(15)23/h1-2,5-8,11,13,16-17H,3-4,9-10,12H2,(H,24,25,27). The molecule has 4 rings (SSSR count). The van der Waals surface area contributed by atoms with Gasteiger partial charge < -0.3 is 10.2 Å². The van der Waals surface area contributed by atoms with E-state index in [-0.39, 0.29) is 29.6 Å². The van der Waals surface area contributed by atoms with E-state index in [0.717, 1.165) is 34.3 Å². The van der Waals surface area contributed by atoms with Crippen LogP contribution in [0.1, 0.15) is 30.7 Å². The van der Waals surface area contributed by atoms with E-state index in [1.165, 1.54) is 0 Å². The second-order valence-electron chi connectivity index (χ2n) is 7.44. The first kappa shape index (κ1) is 19.4. The summed E-state index contributed by atoms with van der Waals surface area (Å²) in [5.74, 6) is 0.561. The molecule has 146 valence electrons. The van der Waals surface area contributed by atoms with Gasteiger partial charge in [-0.3, -0.25) is 9.59 Å². The molecule has 2 amide bonds. The highest BCUT2D eigenvalue weighted by Gasteiger charge is 2.47. The summed E-state index contributed by atoms with van der Waals surface area (Å²) in [6.07, 6.45) is 4.10. The van der Waals surface area contributed by atoms with Crippen molar-refractivity contribution in [3.05, 3.63) is 57.7 Å². The lowest BCUT2D eigenvalue weighted by molar-refractivity contribution is -0.135. The molecule has 1 aromatic carbocycles. The van der Waals surface area contributed by atoms with Gasteiger partial charge in [0.05, 0.1) is 5.92 Å². The minimum Gasteiger partial charge on any atom is -0.342 e. The number of anilines is 1. The van der Waals surface area contributed by atoms with Crippen molar-refractivity contribution in [1.29, 1.82) is 0 Å². The lowest BCUT2D eigenvalue weighted by Crippen LogP contribution is -2.44. The van der Waals surface area contributed by atoms with Gasteiger partial charge >= 0.3 is 0 Å². The number of carbonyl (C=O) groups is 2. The fourth-order valence-corrected chi connectivity index (χ4v) is 4.40. The van der Waals surface area contributed by atoms with Crippen LogP contribution in [0, 0.1) is 11.8 Å². The summed E-state index contributed by atoms with van der Waals surface area (Å²) in [7, 11) is 0. The molecule has 0 spiro atoms. The number of carbonyl (C=O) groups excluding carboxylic acids is 2. The van der Waals surface area contributed by atoms with Gasteiger partial charge in [0.25, 0.3) is 0 Å². The Labute approximate surface area is 177 Å². The van der Waals surface area contributed by atoms with Crippen molar-refractivity contribution < 1.29 is 9.59 Å². The number of nitrogens with zero attached hydrogens (tertiary/aromatic N) is 2. The second-order valence-corrected chi connectivity index (χ2v) is 8.77. The third kappa shape index (κ3) is 4.23. The minimum absolute atomic E-state index is 0.0187. The highest BCUT2D eigenvalue weighted by molar-refractivity contribution is 9.10. The van der Waals surface area contributed by atoms with Crippen LogP contribution in [-0.2, 0) is 9.59 Å². The zero-order valence-electron chi connectivity index (χ0n) is 15.3. The second kappa shape index (κ2) is 8.21. The monoisotopic (exact) mass is 461 g/mol. The zero-order valence-corrected chi connectivity index (χ0v) is 17.6. The quantitative estimate of drug-likeness (QED) is 0.729. The summed E-state index contributed by atoms with van der Waals surface area (Å²) in [5, 5.41) is 3.58. The summed E-state index contributed by atoms with van der Waals surface area (Å²) >= 11 is 9.61. The number of hydrogen-bond acceptors (Lipinski definition) is 3. The zero-order chi connectivity index (χ0) is 19.7. The van der Waals surface area contributed by atoms with Crippen molar-refractivity contribution in [1.82, 2.24) is 9.88 Å². The van der Waals surface area contributed by atoms with Crippen molar-refractivity contribution in [2.75, 3.05) is 18.4 Å². The molecule has 3 atom stereocenters. The molecule has 2 fully saturated rings. The van der Waals surface area contributed by atoms with Crippen LogP contribution in [0.5, 0.6) is 0 Å². The number of rotatable bonds is 4. The van der Waals surface area contributed by atoms with Gasteiger partial charge in [-0.2, -0.15) is 0 Å². The molecule has 2 aliphatic rings. The van der Waals surface area contributed by atoms with Gasteiger partial charge in [0.2, 0.25) is 11.8 Å². The van der Waals surface area contributed by atoms with Gasteiger partial charge in [-0.25, -0.2) is 4.98 Å². The lowest BCUT2D eigenvalue weighted by atomic mass is 9.96. The van der Waals surface area contributed by atoms with Crippen molar-refractivity contribution >= 4 is 45.2 Å². The van der Waals surface area contributed by atoms with Gasteiger partial charge in [-0.05, 0) is 64.9 Å². The van der Waals surface area contributed by atoms with Crippen LogP contribution in [-0.4, -0.2) is 34.8 Å². The SMILES string of the molecule is O=C(Nc1ccc(Br)cn1)C1CCCN(C(=O)C2CC2c2ccccc2Cl)C1. The topological polar surface area (TPSA) is 62.3 Å². The number of amides is 2. The van der Waals surface area contributed by atoms with Gasteiger partial charge in [-0.15, -0.1) is 0 Å². The van der Waals surface area contributed by atoms with Gasteiger partial charge in [-0.1, -0.05) is 29.8 Å². The van der Waals surface area contributed by atoms with Crippen LogP contribution < -0.4 is 5.32 Å². The average molecular weight is 463 g/mol. The first-order valence-electron chi connectivity index (χ1n) is 9.48. The normalized spacial score (nSPS) is 23.9. The number of hydrogen-bond donors (Lipinski definition) is 1. The maximum atomic E-state index is 13.0. The highest BCUT2D eigenvalue weighted by Crippen LogP contribution is 2.50. The predicted octanol–water partition coefficient (Wildman–Crippen LogP) is 4.48. The Bertz CT molecular complexity index is 889. The molecule has 0 bridgehead atoms. The van der Waals surface area contributed by atoms with Crippen LogP contribution >= 0.6 is 27.5 Å². The van der Waals surface area contributed by atoms with E-state index in [1.54, 1.807) is 12.3 Å². The summed E-state index contributed by atoms with van der Waals surface area (Å²) in [5.41, 5.74) is 1.05. The number of halogens is 2. The van der Waals surface area contributed by atoms with Crippen LogP contribution in [0.4, 0.5) is 5.82 Å². The Morgan fingerprint density at radius 3 is 2.79 bits per heavy atom. The van der Waals surface area contributed by atoms with E-state index in [2.05, 4.69) is 26.2 Å². The molecule has 1 saturated heterocycles. The maximum absolute atomic E-state index is 13.0. The molecule has 5 nitrogen and oxygen atoms in total. The fraction of sp³-hybridized carbons (Fsp3) is 0.381. The molecule has 1 aliphatic carbocycles. The Balaban J connectivity index is 1.36. The molecule has 1 N–H and O–H groups in total. The number of pyridine rings is 1. The molecule has 0 radical (unpaired) electrons. The van der Waals surface area contributed by atoms with E-state index >= 15 is 0 Å². The third-order valence-electron chi connectivity index (χ3n) is 5.49. The summed E-state index contributed by atoms with van der Waals surface area (Å²) < 4.78 is 0.859. The number of benzene rings is 1. The van der Waals surface area contributed by atoms with E-state index in [1.807, 2.05) is 35.2 Å². The van der Waals surface area contributed by atoms with Gasteiger partial charge in [0.1, 0.15) is 5.82 Å². The van der Waals surface area contributed by atoms with Gasteiger partial charge in [0.15, 0.2) is 0 Å². The maximum Gasteiger partial charge on any atom is 0.230 e. The number of likely N-dealkylation sites (tertiary alicyclic amines) is 1. The van der Waals surface area contributed by atoms with Gasteiger partial charge in [0, 0.05) is 34.7 Å². The largest absolute Gasteiger partial charge is 0.342 e. The van der Waals surface area contributed by atoms with Crippen LogP contribution in [0.2, 0.25) is 5.02 Å². The average Bonchev–Trinajstić information content (AvgIpc) is 3.50. The Hall–Kier alpha value is -1.92. The van der Waals surface area contributed by atoms with E-state index in [0.29, 0.717) is 18.9 Å². The molecule has 1 aliphatic heterocycles. The van der Waals surface area contributed by atoms with Crippen LogP contribution in [0.25, 0.3) is 0 Å². The molecular weight excluding hydrogens is 442 g/mol. The number of nitrogens with one attached hydrogen (secondary N) is 1. The van der Waals surface area contributed by atoms with Crippen molar-refractivity contribution in [2.45, 2.75) is 25.2 Å². The van der Waals surface area contributed by atoms with E-state index in [4.69, 9.17) is 11.6 Å². The molecular formula is C21H21BrClN3O2. The first-order valence-corrected chi connectivity index (χ1v) is 10.7. The highest BCUT2D eigenvalue weighted by atomic mass is 79.9. The van der Waals surface area contributed by atoms with Crippen LogP contribution in [0.15, 0.2) is 47.1 Å². The summed E-state index contributed by atoms with van der Waals surface area (Å²) in [6, 6.07) is 11.3. The lowest BCUT2D eigenvalue weighted by Gasteiger charge is -2.32. The van der Waals surface area contributed by atoms with Crippen molar-refractivity contribution in [2.24, 2.45) is 11.8 Å². The Morgan fingerprint density at radius 2 is 2.04 bits per heavy atom. The first-order chi connectivity index (χ1) is 13.5. The number of piperidine rings is 1. The molecule has 2 heterocycles. The molecule has 2 aromatic rings. The van der Waals surface area contributed by atoms with E-state index in [9.17, 15) is 9.59 Å². The molecule has 1 aromatic heterocycles. The number of aromatic nitrogens is 1. The summed E-state index contributed by atoms with van der Waals surface area (Å²) in [6.45, 7) is 1.18. The van der Waals surface area contributed by atoms with Crippen LogP contribution in [0.3, 0.4) is 0 Å². The Kier molecular flexibility index (Phi) is 5.69. The van der Waals surface area contributed by atoms with Crippen molar-refractivity contribution in [3.8, 4) is 0 Å². The molecule has 1 saturated carbocycles. The van der Waals surface area contributed by atoms with E-state index < -0.39 is 0 Å². The smallest absolute Gasteiger partial charge is 0.230 e. The molecule has 3 unspecified atom stereocenters. The summed E-state index contributed by atoms with van der Waals surface area (Å²) in [4.78, 5) is 31.6. The fourth-order valence-electron chi connectivity index (χ4n) is 3.89.